The number of aliphatic carboxylic acids is 2. The van der Waals surface area contributed by atoms with E-state index in [1.54, 1.807) is 30.3 Å². The summed E-state index contributed by atoms with van der Waals surface area (Å²) in [5, 5.41) is 27.7. The Morgan fingerprint density at radius 1 is 1.22 bits per heavy atom. The van der Waals surface area contributed by atoms with E-state index in [9.17, 15) is 14.7 Å². The van der Waals surface area contributed by atoms with Crippen molar-refractivity contribution in [1.82, 2.24) is 0 Å². The minimum Gasteiger partial charge on any atom is -0.480 e. The summed E-state index contributed by atoms with van der Waals surface area (Å²) in [6, 6.07) is 7.05. The van der Waals surface area contributed by atoms with Crippen molar-refractivity contribution in [3.63, 3.8) is 0 Å². The van der Waals surface area contributed by atoms with E-state index in [0.717, 1.165) is 0 Å². The van der Waals surface area contributed by atoms with Crippen molar-refractivity contribution in [3.05, 3.63) is 35.9 Å². The van der Waals surface area contributed by atoms with Gasteiger partial charge < -0.3 is 21.1 Å². The molecule has 0 saturated heterocycles. The maximum Gasteiger partial charge on any atom is 0.336 e. The van der Waals surface area contributed by atoms with Crippen molar-refractivity contribution in [2.45, 2.75) is 24.5 Å². The summed E-state index contributed by atoms with van der Waals surface area (Å²) >= 11 is 0. The van der Waals surface area contributed by atoms with Gasteiger partial charge >= 0.3 is 11.9 Å². The van der Waals surface area contributed by atoms with Crippen molar-refractivity contribution < 1.29 is 24.9 Å². The number of aliphatic hydroxyl groups is 1. The molecule has 5 N–H and O–H groups in total. The first-order valence-corrected chi connectivity index (χ1v) is 5.33. The van der Waals surface area contributed by atoms with Crippen LogP contribution in [0.1, 0.15) is 12.0 Å². The van der Waals surface area contributed by atoms with Gasteiger partial charge in [0.2, 0.25) is 0 Å². The second-order valence-electron chi connectivity index (χ2n) is 4.15. The van der Waals surface area contributed by atoms with E-state index in [1.165, 1.54) is 0 Å². The van der Waals surface area contributed by atoms with Crippen LogP contribution in [0.25, 0.3) is 0 Å². The summed E-state index contributed by atoms with van der Waals surface area (Å²) in [6.07, 6.45) is -0.739. The molecule has 0 aliphatic rings. The van der Waals surface area contributed by atoms with Gasteiger partial charge in [-0.05, 0) is 5.56 Å². The van der Waals surface area contributed by atoms with Gasteiger partial charge in [0.15, 0.2) is 5.60 Å². The highest BCUT2D eigenvalue weighted by molar-refractivity contribution is 5.80. The van der Waals surface area contributed by atoms with Gasteiger partial charge in [-0.25, -0.2) is 4.79 Å². The van der Waals surface area contributed by atoms with Gasteiger partial charge in [-0.2, -0.15) is 0 Å². The molecule has 6 heteroatoms. The van der Waals surface area contributed by atoms with Crippen molar-refractivity contribution in [1.29, 1.82) is 0 Å². The molecule has 0 amide bonds. The molecule has 98 valence electrons. The van der Waals surface area contributed by atoms with E-state index < -0.39 is 30.0 Å². The van der Waals surface area contributed by atoms with Crippen LogP contribution in [0.15, 0.2) is 30.3 Å². The normalized spacial score (nSPS) is 15.7. The second-order valence-corrected chi connectivity index (χ2v) is 4.15. The number of hydrogen-bond acceptors (Lipinski definition) is 4. The van der Waals surface area contributed by atoms with E-state index in [-0.39, 0.29) is 6.42 Å². The lowest BCUT2D eigenvalue weighted by molar-refractivity contribution is -0.160. The van der Waals surface area contributed by atoms with Crippen LogP contribution in [0.5, 0.6) is 0 Å². The molecule has 0 saturated carbocycles. The topological polar surface area (TPSA) is 121 Å². The van der Waals surface area contributed by atoms with Crippen LogP contribution in [0.4, 0.5) is 0 Å². The molecule has 6 nitrogen and oxygen atoms in total. The van der Waals surface area contributed by atoms with Crippen LogP contribution in [0.2, 0.25) is 0 Å². The van der Waals surface area contributed by atoms with E-state index in [2.05, 4.69) is 0 Å². The maximum absolute atomic E-state index is 11.1. The van der Waals surface area contributed by atoms with Crippen molar-refractivity contribution in [2.75, 3.05) is 0 Å². The van der Waals surface area contributed by atoms with Gasteiger partial charge in [0.25, 0.3) is 0 Å². The average molecular weight is 253 g/mol. The lowest BCUT2D eigenvalue weighted by atomic mass is 9.88. The summed E-state index contributed by atoms with van der Waals surface area (Å²) in [7, 11) is 0. The summed E-state index contributed by atoms with van der Waals surface area (Å²) in [5.41, 5.74) is 3.69. The molecule has 0 aliphatic heterocycles. The molecular weight excluding hydrogens is 238 g/mol. The summed E-state index contributed by atoms with van der Waals surface area (Å²) in [6.45, 7) is 0. The molecule has 2 atom stereocenters. The van der Waals surface area contributed by atoms with Crippen LogP contribution >= 0.6 is 0 Å². The number of carboxylic acid groups (broad SMARTS) is 2. The van der Waals surface area contributed by atoms with E-state index in [1.807, 2.05) is 0 Å². The number of nitrogens with two attached hydrogens (primary N) is 1. The zero-order valence-electron chi connectivity index (χ0n) is 9.61. The first kappa shape index (κ1) is 14.1. The fraction of sp³-hybridized carbons (Fsp3) is 0.333. The number of benzene rings is 1. The molecule has 1 rings (SSSR count). The Morgan fingerprint density at radius 3 is 2.22 bits per heavy atom. The molecule has 1 unspecified atom stereocenters. The van der Waals surface area contributed by atoms with Crippen LogP contribution in [0.3, 0.4) is 0 Å². The number of hydrogen-bond donors (Lipinski definition) is 4. The Balaban J connectivity index is 2.87. The predicted octanol–water partition coefficient (Wildman–Crippen LogP) is -0.153. The largest absolute Gasteiger partial charge is 0.480 e. The van der Waals surface area contributed by atoms with Crippen molar-refractivity contribution in [2.24, 2.45) is 5.73 Å². The van der Waals surface area contributed by atoms with Gasteiger partial charge in [-0.1, -0.05) is 30.3 Å². The van der Waals surface area contributed by atoms with Crippen LogP contribution in [-0.4, -0.2) is 38.9 Å². The first-order chi connectivity index (χ1) is 8.35. The average Bonchev–Trinajstić information content (AvgIpc) is 2.29. The Morgan fingerprint density at radius 2 is 1.78 bits per heavy atom. The molecule has 1 aromatic carbocycles. The highest BCUT2D eigenvalue weighted by Crippen LogP contribution is 2.19. The quantitative estimate of drug-likeness (QED) is 0.559. The second kappa shape index (κ2) is 5.61. The van der Waals surface area contributed by atoms with Crippen molar-refractivity contribution >= 4 is 11.9 Å². The van der Waals surface area contributed by atoms with E-state index in [4.69, 9.17) is 15.9 Å². The summed E-state index contributed by atoms with van der Waals surface area (Å²) in [5.74, 6) is -2.83. The zero-order valence-corrected chi connectivity index (χ0v) is 9.61. The Kier molecular flexibility index (Phi) is 4.41. The predicted molar refractivity (Wildman–Crippen MR) is 63.0 cm³/mol. The van der Waals surface area contributed by atoms with Gasteiger partial charge in [-0.15, -0.1) is 0 Å². The van der Waals surface area contributed by atoms with Gasteiger partial charge in [-0.3, -0.25) is 4.79 Å². The molecule has 18 heavy (non-hydrogen) atoms. The third-order valence-corrected chi connectivity index (χ3v) is 2.61. The highest BCUT2D eigenvalue weighted by atomic mass is 16.4. The lowest BCUT2D eigenvalue weighted by Crippen LogP contribution is -2.48. The van der Waals surface area contributed by atoms with Crippen LogP contribution in [-0.2, 0) is 16.0 Å². The van der Waals surface area contributed by atoms with Gasteiger partial charge in [0, 0.05) is 12.8 Å². The molecule has 0 fully saturated rings. The van der Waals surface area contributed by atoms with Crippen LogP contribution in [0, 0.1) is 0 Å². The summed E-state index contributed by atoms with van der Waals surface area (Å²) in [4.78, 5) is 21.7. The third kappa shape index (κ3) is 3.54. The molecule has 0 heterocycles. The Bertz CT molecular complexity index is 433. The van der Waals surface area contributed by atoms with Crippen LogP contribution < -0.4 is 5.73 Å². The van der Waals surface area contributed by atoms with Gasteiger partial charge in [0.05, 0.1) is 0 Å². The Hall–Kier alpha value is -1.92. The SMILES string of the molecule is N[C@@H](CC(O)(Cc1ccccc1)C(=O)O)C(=O)O. The highest BCUT2D eigenvalue weighted by Gasteiger charge is 2.39. The van der Waals surface area contributed by atoms with Crippen molar-refractivity contribution in [3.8, 4) is 0 Å². The molecule has 0 aliphatic carbocycles. The standard InChI is InChI=1S/C12H15NO5/c13-9(10(14)15)7-12(18,11(16)17)6-8-4-2-1-3-5-8/h1-5,9,18H,6-7,13H2,(H,14,15)(H,16,17)/t9-,12?/m0/s1. The first-order valence-electron chi connectivity index (χ1n) is 5.33. The van der Waals surface area contributed by atoms with E-state index >= 15 is 0 Å². The molecular formula is C12H15NO5. The number of rotatable bonds is 6. The molecule has 0 radical (unpaired) electrons. The molecule has 1 aromatic rings. The maximum atomic E-state index is 11.1. The minimum absolute atomic E-state index is 0.190. The lowest BCUT2D eigenvalue weighted by Gasteiger charge is -2.25. The van der Waals surface area contributed by atoms with Gasteiger partial charge in [0.1, 0.15) is 6.04 Å². The molecule has 0 spiro atoms. The summed E-state index contributed by atoms with van der Waals surface area (Å²) < 4.78 is 0. The minimum atomic E-state index is -2.18. The Labute approximate surface area is 104 Å². The van der Waals surface area contributed by atoms with E-state index in [0.29, 0.717) is 5.56 Å². The fourth-order valence-corrected chi connectivity index (χ4v) is 1.62. The third-order valence-electron chi connectivity index (χ3n) is 2.61. The molecule has 0 aromatic heterocycles. The fourth-order valence-electron chi connectivity index (χ4n) is 1.62. The monoisotopic (exact) mass is 253 g/mol. The number of carbonyl (C=O) groups is 2. The smallest absolute Gasteiger partial charge is 0.336 e. The number of carboxylic acids is 2. The zero-order chi connectivity index (χ0) is 13.8. The molecule has 0 bridgehead atoms.